The number of ether oxygens (including phenoxy) is 1. The van der Waals surface area contributed by atoms with Gasteiger partial charge in [-0.2, -0.15) is 0 Å². The van der Waals surface area contributed by atoms with Gasteiger partial charge in [0.2, 0.25) is 11.8 Å². The number of aromatic nitrogens is 4. The van der Waals surface area contributed by atoms with E-state index in [-0.39, 0.29) is 16.7 Å². The van der Waals surface area contributed by atoms with Crippen molar-refractivity contribution in [3.8, 4) is 22.9 Å². The zero-order chi connectivity index (χ0) is 25.2. The Labute approximate surface area is 213 Å². The molecule has 1 atom stereocenters. The van der Waals surface area contributed by atoms with Crippen LogP contribution in [0.15, 0.2) is 87.2 Å². The van der Waals surface area contributed by atoms with E-state index in [9.17, 15) is 4.79 Å². The molecule has 7 nitrogen and oxygen atoms in total. The Hall–Kier alpha value is -3.91. The molecule has 0 spiro atoms. The summed E-state index contributed by atoms with van der Waals surface area (Å²) in [6.07, 6.45) is 0. The third kappa shape index (κ3) is 4.52. The average molecular weight is 499 g/mol. The highest BCUT2D eigenvalue weighted by Crippen LogP contribution is 2.36. The fourth-order valence-electron chi connectivity index (χ4n) is 4.04. The number of nitrogens with zero attached hydrogens (tertiary/aromatic N) is 4. The molecule has 36 heavy (non-hydrogen) atoms. The van der Waals surface area contributed by atoms with Crippen molar-refractivity contribution >= 4 is 22.7 Å². The Kier molecular flexibility index (Phi) is 6.61. The number of thioether (sulfide) groups is 1. The summed E-state index contributed by atoms with van der Waals surface area (Å²) in [6.45, 7) is 6.20. The van der Waals surface area contributed by atoms with Gasteiger partial charge in [-0.1, -0.05) is 55.9 Å². The molecule has 0 saturated heterocycles. The zero-order valence-electron chi connectivity index (χ0n) is 20.5. The van der Waals surface area contributed by atoms with Gasteiger partial charge in [0.05, 0.1) is 29.0 Å². The van der Waals surface area contributed by atoms with E-state index in [1.54, 1.807) is 11.7 Å². The van der Waals surface area contributed by atoms with Crippen molar-refractivity contribution in [2.24, 2.45) is 0 Å². The molecule has 0 amide bonds. The summed E-state index contributed by atoms with van der Waals surface area (Å²) in [5, 5.41) is 9.42. The minimum absolute atomic E-state index is 0.104. The molecule has 1 unspecified atom stereocenters. The first kappa shape index (κ1) is 23.8. The van der Waals surface area contributed by atoms with E-state index in [4.69, 9.17) is 14.1 Å². The van der Waals surface area contributed by atoms with Crippen LogP contribution in [0.1, 0.15) is 43.4 Å². The smallest absolute Gasteiger partial charge is 0.266 e. The zero-order valence-corrected chi connectivity index (χ0v) is 21.3. The van der Waals surface area contributed by atoms with Crippen LogP contribution < -0.4 is 10.3 Å². The van der Waals surface area contributed by atoms with E-state index in [2.05, 4.69) is 30.1 Å². The van der Waals surface area contributed by atoms with Crippen molar-refractivity contribution in [1.82, 2.24) is 19.7 Å². The van der Waals surface area contributed by atoms with Crippen LogP contribution in [0.4, 0.5) is 0 Å². The SMILES string of the molecule is COc1ccc(-c2nnc(C(C)Sc3nc4ccccc4c(=O)n3-c3ccccc3C(C)C)o2)cc1. The van der Waals surface area contributed by atoms with Gasteiger partial charge in [-0.05, 0) is 60.9 Å². The number of hydrogen-bond donors (Lipinski definition) is 0. The maximum absolute atomic E-state index is 13.7. The van der Waals surface area contributed by atoms with Crippen molar-refractivity contribution in [2.75, 3.05) is 7.11 Å². The largest absolute Gasteiger partial charge is 0.497 e. The van der Waals surface area contributed by atoms with Crippen LogP contribution in [0.25, 0.3) is 28.0 Å². The molecular weight excluding hydrogens is 472 g/mol. The van der Waals surface area contributed by atoms with Crippen LogP contribution in [-0.4, -0.2) is 26.9 Å². The summed E-state index contributed by atoms with van der Waals surface area (Å²) >= 11 is 1.42. The van der Waals surface area contributed by atoms with Crippen molar-refractivity contribution in [2.45, 2.75) is 37.1 Å². The molecule has 3 aromatic carbocycles. The number of methoxy groups -OCH3 is 1. The first-order chi connectivity index (χ1) is 17.5. The van der Waals surface area contributed by atoms with Crippen LogP contribution in [-0.2, 0) is 0 Å². The van der Waals surface area contributed by atoms with E-state index in [1.165, 1.54) is 11.8 Å². The molecular formula is C28H26N4O3S. The molecule has 0 aliphatic rings. The third-order valence-corrected chi connectivity index (χ3v) is 6.99. The van der Waals surface area contributed by atoms with Gasteiger partial charge in [0.1, 0.15) is 5.75 Å². The van der Waals surface area contributed by atoms with Gasteiger partial charge < -0.3 is 9.15 Å². The van der Waals surface area contributed by atoms with Crippen LogP contribution in [0.2, 0.25) is 0 Å². The van der Waals surface area contributed by atoms with Crippen LogP contribution in [0.5, 0.6) is 5.75 Å². The Morgan fingerprint density at radius 3 is 2.39 bits per heavy atom. The van der Waals surface area contributed by atoms with Crippen molar-refractivity contribution in [3.63, 3.8) is 0 Å². The predicted molar refractivity (Wildman–Crippen MR) is 142 cm³/mol. The molecule has 0 radical (unpaired) electrons. The monoisotopic (exact) mass is 498 g/mol. The van der Waals surface area contributed by atoms with E-state index < -0.39 is 0 Å². The van der Waals surface area contributed by atoms with E-state index in [1.807, 2.05) is 73.7 Å². The molecule has 8 heteroatoms. The fourth-order valence-corrected chi connectivity index (χ4v) is 4.99. The molecule has 0 N–H and O–H groups in total. The van der Waals surface area contributed by atoms with Crippen molar-refractivity contribution in [1.29, 1.82) is 0 Å². The van der Waals surface area contributed by atoms with Gasteiger partial charge in [0.25, 0.3) is 5.56 Å². The van der Waals surface area contributed by atoms with Crippen LogP contribution >= 0.6 is 11.8 Å². The molecule has 0 fully saturated rings. The van der Waals surface area contributed by atoms with Gasteiger partial charge in [-0.25, -0.2) is 4.98 Å². The number of fused-ring (bicyclic) bond motifs is 1. The lowest BCUT2D eigenvalue weighted by Gasteiger charge is -2.19. The second-order valence-corrected chi connectivity index (χ2v) is 10.0. The highest BCUT2D eigenvalue weighted by Gasteiger charge is 2.22. The summed E-state index contributed by atoms with van der Waals surface area (Å²) < 4.78 is 12.9. The molecule has 0 aliphatic carbocycles. The Bertz CT molecular complexity index is 1570. The first-order valence-electron chi connectivity index (χ1n) is 11.7. The quantitative estimate of drug-likeness (QED) is 0.189. The second kappa shape index (κ2) is 9.99. The Morgan fingerprint density at radius 1 is 0.917 bits per heavy atom. The highest BCUT2D eigenvalue weighted by molar-refractivity contribution is 7.99. The van der Waals surface area contributed by atoms with E-state index in [0.29, 0.717) is 27.8 Å². The number of para-hydroxylation sites is 2. The summed E-state index contributed by atoms with van der Waals surface area (Å²) in [5.74, 6) is 1.87. The van der Waals surface area contributed by atoms with Gasteiger partial charge in [-0.3, -0.25) is 9.36 Å². The van der Waals surface area contributed by atoms with Gasteiger partial charge in [-0.15, -0.1) is 10.2 Å². The standard InChI is InChI=1S/C28H26N4O3S/c1-17(2)21-9-6-8-12-24(21)32-27(33)22-10-5-7-11-23(22)29-28(32)36-18(3)25-30-31-26(35-25)19-13-15-20(34-4)16-14-19/h5-18H,1-4H3. The van der Waals surface area contributed by atoms with E-state index >= 15 is 0 Å². The van der Waals surface area contributed by atoms with Crippen molar-refractivity contribution < 1.29 is 9.15 Å². The van der Waals surface area contributed by atoms with Crippen LogP contribution in [0, 0.1) is 0 Å². The summed E-state index contributed by atoms with van der Waals surface area (Å²) in [6, 6.07) is 22.8. The number of benzene rings is 3. The average Bonchev–Trinajstić information content (AvgIpc) is 3.40. The molecule has 2 aromatic heterocycles. The topological polar surface area (TPSA) is 83.0 Å². The molecule has 0 aliphatic heterocycles. The molecule has 0 bridgehead atoms. The molecule has 5 aromatic rings. The van der Waals surface area contributed by atoms with Gasteiger partial charge in [0, 0.05) is 5.56 Å². The van der Waals surface area contributed by atoms with Crippen molar-refractivity contribution in [3.05, 3.63) is 94.6 Å². The minimum atomic E-state index is -0.241. The molecule has 182 valence electrons. The Morgan fingerprint density at radius 2 is 1.64 bits per heavy atom. The normalized spacial score (nSPS) is 12.2. The molecule has 5 rings (SSSR count). The van der Waals surface area contributed by atoms with Gasteiger partial charge >= 0.3 is 0 Å². The summed E-state index contributed by atoms with van der Waals surface area (Å²) in [7, 11) is 1.62. The highest BCUT2D eigenvalue weighted by atomic mass is 32.2. The van der Waals surface area contributed by atoms with Gasteiger partial charge in [0.15, 0.2) is 5.16 Å². The molecule has 0 saturated carbocycles. The second-order valence-electron chi connectivity index (χ2n) is 8.70. The number of rotatable bonds is 7. The lowest BCUT2D eigenvalue weighted by atomic mass is 10.0. The fraction of sp³-hybridized carbons (Fsp3) is 0.214. The molecule has 2 heterocycles. The van der Waals surface area contributed by atoms with Crippen LogP contribution in [0.3, 0.4) is 0 Å². The maximum atomic E-state index is 13.7. The summed E-state index contributed by atoms with van der Waals surface area (Å²) in [5.41, 5.74) is 3.26. The minimum Gasteiger partial charge on any atom is -0.497 e. The number of hydrogen-bond acceptors (Lipinski definition) is 7. The summed E-state index contributed by atoms with van der Waals surface area (Å²) in [4.78, 5) is 18.6. The first-order valence-corrected chi connectivity index (χ1v) is 12.6. The lowest BCUT2D eigenvalue weighted by Crippen LogP contribution is -2.23. The maximum Gasteiger partial charge on any atom is 0.266 e. The Balaban J connectivity index is 1.56. The lowest BCUT2D eigenvalue weighted by molar-refractivity contribution is 0.415. The van der Waals surface area contributed by atoms with E-state index in [0.717, 1.165) is 22.6 Å². The predicted octanol–water partition coefficient (Wildman–Crippen LogP) is 6.42. The third-order valence-electron chi connectivity index (χ3n) is 5.95.